The van der Waals surface area contributed by atoms with Gasteiger partial charge < -0.3 is 10.5 Å². The maximum Gasteiger partial charge on any atom is 0.203 e. The van der Waals surface area contributed by atoms with E-state index in [2.05, 4.69) is 0 Å². The highest BCUT2D eigenvalue weighted by Gasteiger charge is 2.21. The zero-order chi connectivity index (χ0) is 15.3. The fourth-order valence-corrected chi connectivity index (χ4v) is 1.50. The Bertz CT molecular complexity index is 500. The van der Waals surface area contributed by atoms with Crippen molar-refractivity contribution in [2.24, 2.45) is 5.73 Å². The molecule has 0 radical (unpaired) electrons. The zero-order valence-electron chi connectivity index (χ0n) is 10.9. The van der Waals surface area contributed by atoms with E-state index in [0.717, 1.165) is 0 Å². The van der Waals surface area contributed by atoms with Gasteiger partial charge in [-0.15, -0.1) is 0 Å². The topological polar surface area (TPSA) is 59.0 Å². The molecule has 0 aliphatic rings. The Labute approximate surface area is 113 Å². The van der Waals surface area contributed by atoms with Crippen molar-refractivity contribution in [3.63, 3.8) is 0 Å². The Morgan fingerprint density at radius 3 is 2.25 bits per heavy atom. The van der Waals surface area contributed by atoms with Crippen molar-refractivity contribution in [1.29, 1.82) is 5.26 Å². The minimum absolute atomic E-state index is 0.115. The molecule has 0 aliphatic heterocycles. The van der Waals surface area contributed by atoms with Crippen molar-refractivity contribution in [3.05, 3.63) is 29.3 Å². The van der Waals surface area contributed by atoms with Crippen LogP contribution in [0.15, 0.2) is 6.07 Å². The van der Waals surface area contributed by atoms with Gasteiger partial charge in [-0.05, 0) is 26.2 Å². The van der Waals surface area contributed by atoms with Crippen LogP contribution in [0.1, 0.15) is 26.2 Å². The van der Waals surface area contributed by atoms with E-state index in [-0.39, 0.29) is 12.7 Å². The summed E-state index contributed by atoms with van der Waals surface area (Å²) in [5.74, 6) is -7.23. The van der Waals surface area contributed by atoms with Crippen LogP contribution in [0.25, 0.3) is 0 Å². The summed E-state index contributed by atoms with van der Waals surface area (Å²) in [4.78, 5) is 0. The van der Waals surface area contributed by atoms with E-state index >= 15 is 0 Å². The number of hydrogen-bond acceptors (Lipinski definition) is 3. The van der Waals surface area contributed by atoms with Gasteiger partial charge in [0.25, 0.3) is 0 Å². The molecular formula is C13H14F4N2O. The van der Waals surface area contributed by atoms with Crippen LogP contribution in [0, 0.1) is 34.6 Å². The standard InChI is InChI=1S/C13H14F4N2O/c1-13(19,7-18)4-2-3-5-20-12-10(16)8(14)6-9(15)11(12)17/h6H,2-5,19H2,1H3. The number of hydrogen-bond donors (Lipinski definition) is 1. The Morgan fingerprint density at radius 2 is 1.75 bits per heavy atom. The van der Waals surface area contributed by atoms with Crippen molar-refractivity contribution < 1.29 is 22.3 Å². The lowest BCUT2D eigenvalue weighted by atomic mass is 9.98. The maximum atomic E-state index is 13.2. The molecule has 2 N–H and O–H groups in total. The van der Waals surface area contributed by atoms with E-state index in [1.165, 1.54) is 0 Å². The van der Waals surface area contributed by atoms with E-state index in [4.69, 9.17) is 15.7 Å². The molecule has 1 unspecified atom stereocenters. The van der Waals surface area contributed by atoms with Crippen LogP contribution in [0.2, 0.25) is 0 Å². The number of rotatable bonds is 6. The highest BCUT2D eigenvalue weighted by atomic mass is 19.2. The summed E-state index contributed by atoms with van der Waals surface area (Å²) in [5, 5.41) is 8.67. The molecular weight excluding hydrogens is 276 g/mol. The Hall–Kier alpha value is -1.81. The fourth-order valence-electron chi connectivity index (χ4n) is 1.50. The smallest absolute Gasteiger partial charge is 0.203 e. The maximum absolute atomic E-state index is 13.2. The third kappa shape index (κ3) is 4.10. The first-order valence-electron chi connectivity index (χ1n) is 5.94. The number of halogens is 4. The molecule has 3 nitrogen and oxygen atoms in total. The molecule has 7 heteroatoms. The molecule has 0 spiro atoms. The second-order valence-electron chi connectivity index (χ2n) is 4.63. The first-order chi connectivity index (χ1) is 9.28. The molecule has 0 bridgehead atoms. The summed E-state index contributed by atoms with van der Waals surface area (Å²) < 4.78 is 56.9. The molecule has 1 aromatic rings. The first-order valence-corrected chi connectivity index (χ1v) is 5.94. The van der Waals surface area contributed by atoms with Gasteiger partial charge in [-0.3, -0.25) is 0 Å². The predicted molar refractivity (Wildman–Crippen MR) is 63.8 cm³/mol. The van der Waals surface area contributed by atoms with Gasteiger partial charge in [-0.1, -0.05) is 0 Å². The van der Waals surface area contributed by atoms with Gasteiger partial charge in [0.1, 0.15) is 5.54 Å². The van der Waals surface area contributed by atoms with Crippen LogP contribution < -0.4 is 10.5 Å². The predicted octanol–water partition coefficient (Wildman–Crippen LogP) is 3.03. The van der Waals surface area contributed by atoms with Gasteiger partial charge in [0, 0.05) is 6.07 Å². The number of nitrogens with two attached hydrogens (primary N) is 1. The molecule has 1 rings (SSSR count). The van der Waals surface area contributed by atoms with Crippen molar-refractivity contribution >= 4 is 0 Å². The third-order valence-electron chi connectivity index (χ3n) is 2.66. The molecule has 0 saturated carbocycles. The van der Waals surface area contributed by atoms with Gasteiger partial charge in [0.2, 0.25) is 11.6 Å². The first kappa shape index (κ1) is 16.2. The van der Waals surface area contributed by atoms with Crippen molar-refractivity contribution in [2.75, 3.05) is 6.61 Å². The number of benzene rings is 1. The molecule has 1 aromatic carbocycles. The van der Waals surface area contributed by atoms with Crippen molar-refractivity contribution in [3.8, 4) is 11.8 Å². The van der Waals surface area contributed by atoms with E-state index in [1.54, 1.807) is 6.92 Å². The third-order valence-corrected chi connectivity index (χ3v) is 2.66. The molecule has 0 aliphatic carbocycles. The Kier molecular flexibility index (Phi) is 5.34. The van der Waals surface area contributed by atoms with Crippen LogP contribution in [-0.2, 0) is 0 Å². The fraction of sp³-hybridized carbons (Fsp3) is 0.462. The van der Waals surface area contributed by atoms with Crippen molar-refractivity contribution in [1.82, 2.24) is 0 Å². The summed E-state index contributed by atoms with van der Waals surface area (Å²) in [6.45, 7) is 1.41. The van der Waals surface area contributed by atoms with Gasteiger partial charge in [-0.25, -0.2) is 8.78 Å². The second-order valence-corrected chi connectivity index (χ2v) is 4.63. The van der Waals surface area contributed by atoms with E-state index < -0.39 is 34.6 Å². The Balaban J connectivity index is 2.54. The molecule has 110 valence electrons. The number of unbranched alkanes of at least 4 members (excludes halogenated alkanes) is 1. The van der Waals surface area contributed by atoms with Gasteiger partial charge in [-0.2, -0.15) is 14.0 Å². The lowest BCUT2D eigenvalue weighted by Crippen LogP contribution is -2.33. The monoisotopic (exact) mass is 290 g/mol. The molecule has 1 atom stereocenters. The lowest BCUT2D eigenvalue weighted by molar-refractivity contribution is 0.261. The summed E-state index contributed by atoms with van der Waals surface area (Å²) >= 11 is 0. The largest absolute Gasteiger partial charge is 0.487 e. The van der Waals surface area contributed by atoms with E-state index in [0.29, 0.717) is 19.3 Å². The minimum atomic E-state index is -1.57. The highest BCUT2D eigenvalue weighted by molar-refractivity contribution is 5.28. The van der Waals surface area contributed by atoms with Crippen molar-refractivity contribution in [2.45, 2.75) is 31.7 Å². The van der Waals surface area contributed by atoms with Crippen LogP contribution in [0.4, 0.5) is 17.6 Å². The van der Waals surface area contributed by atoms with Gasteiger partial charge >= 0.3 is 0 Å². The minimum Gasteiger partial charge on any atom is -0.487 e. The Morgan fingerprint density at radius 1 is 1.20 bits per heavy atom. The molecule has 0 heterocycles. The number of nitrogens with zero attached hydrogens (tertiary/aromatic N) is 1. The molecule has 20 heavy (non-hydrogen) atoms. The van der Waals surface area contributed by atoms with Crippen LogP contribution in [0.5, 0.6) is 5.75 Å². The van der Waals surface area contributed by atoms with Gasteiger partial charge in [0.05, 0.1) is 12.7 Å². The molecule has 0 aromatic heterocycles. The summed E-state index contributed by atoms with van der Waals surface area (Å²) in [7, 11) is 0. The zero-order valence-corrected chi connectivity index (χ0v) is 10.9. The van der Waals surface area contributed by atoms with Crippen LogP contribution >= 0.6 is 0 Å². The average molecular weight is 290 g/mol. The summed E-state index contributed by atoms with van der Waals surface area (Å²) in [6.07, 6.45) is 1.18. The number of nitriles is 1. The van der Waals surface area contributed by atoms with Gasteiger partial charge in [0.15, 0.2) is 17.4 Å². The second kappa shape index (κ2) is 6.57. The molecule has 0 amide bonds. The SMILES string of the molecule is CC(N)(C#N)CCCCOc1c(F)c(F)cc(F)c1F. The summed E-state index contributed by atoms with van der Waals surface area (Å²) in [6, 6.07) is 2.02. The lowest BCUT2D eigenvalue weighted by Gasteiger charge is -2.15. The normalized spacial score (nSPS) is 13.7. The average Bonchev–Trinajstić information content (AvgIpc) is 2.39. The molecule has 0 fully saturated rings. The van der Waals surface area contributed by atoms with Crippen LogP contribution in [0.3, 0.4) is 0 Å². The van der Waals surface area contributed by atoms with E-state index in [1.807, 2.05) is 6.07 Å². The van der Waals surface area contributed by atoms with Crippen LogP contribution in [-0.4, -0.2) is 12.1 Å². The number of ether oxygens (including phenoxy) is 1. The quantitative estimate of drug-likeness (QED) is 0.497. The molecule has 0 saturated heterocycles. The summed E-state index contributed by atoms with van der Waals surface area (Å²) in [5.41, 5.74) is 4.59. The van der Waals surface area contributed by atoms with E-state index in [9.17, 15) is 17.6 Å². The highest BCUT2D eigenvalue weighted by Crippen LogP contribution is 2.26.